The summed E-state index contributed by atoms with van der Waals surface area (Å²) in [5.74, 6) is 0.855. The van der Waals surface area contributed by atoms with Crippen molar-refractivity contribution in [3.63, 3.8) is 0 Å². The van der Waals surface area contributed by atoms with Gasteiger partial charge in [-0.1, -0.05) is 69.2 Å². The van der Waals surface area contributed by atoms with Crippen LogP contribution in [-0.2, 0) is 19.7 Å². The van der Waals surface area contributed by atoms with Gasteiger partial charge in [0.2, 0.25) is 0 Å². The van der Waals surface area contributed by atoms with Crippen LogP contribution in [0.25, 0.3) is 0 Å². The van der Waals surface area contributed by atoms with Crippen LogP contribution < -0.4 is 0 Å². The third-order valence-electron chi connectivity index (χ3n) is 7.24. The number of benzene rings is 1. The first-order valence-corrected chi connectivity index (χ1v) is 11.3. The van der Waals surface area contributed by atoms with Crippen molar-refractivity contribution in [1.29, 1.82) is 5.26 Å². The van der Waals surface area contributed by atoms with Gasteiger partial charge in [-0.2, -0.15) is 5.26 Å². The van der Waals surface area contributed by atoms with Crippen molar-refractivity contribution in [1.82, 2.24) is 0 Å². The zero-order valence-electron chi connectivity index (χ0n) is 19.5. The lowest BCUT2D eigenvalue weighted by atomic mass is 9.64. The van der Waals surface area contributed by atoms with Crippen LogP contribution in [0.1, 0.15) is 65.4 Å². The Morgan fingerprint density at radius 1 is 1.26 bits per heavy atom. The van der Waals surface area contributed by atoms with Gasteiger partial charge in [-0.05, 0) is 49.2 Å². The zero-order valence-corrected chi connectivity index (χ0v) is 19.5. The molecule has 3 rings (SSSR count). The Hall–Kier alpha value is -2.54. The van der Waals surface area contributed by atoms with Gasteiger partial charge in [-0.15, -0.1) is 0 Å². The van der Waals surface area contributed by atoms with E-state index >= 15 is 0 Å². The molecule has 1 aromatic carbocycles. The van der Waals surface area contributed by atoms with Gasteiger partial charge < -0.3 is 9.47 Å². The predicted octanol–water partition coefficient (Wildman–Crippen LogP) is 6.09. The molecule has 4 atom stereocenters. The summed E-state index contributed by atoms with van der Waals surface area (Å²) in [6.45, 7) is 8.70. The van der Waals surface area contributed by atoms with Gasteiger partial charge in [0.05, 0.1) is 19.6 Å². The van der Waals surface area contributed by atoms with E-state index in [-0.39, 0.29) is 29.8 Å². The fraction of sp³-hybridized carbons (Fsp3) is 0.556. The summed E-state index contributed by atoms with van der Waals surface area (Å²) >= 11 is 0. The second kappa shape index (κ2) is 9.30. The van der Waals surface area contributed by atoms with E-state index in [1.54, 1.807) is 7.11 Å². The minimum atomic E-state index is -1.16. The van der Waals surface area contributed by atoms with E-state index in [1.807, 2.05) is 25.1 Å². The van der Waals surface area contributed by atoms with Crippen LogP contribution in [0.15, 0.2) is 53.8 Å². The summed E-state index contributed by atoms with van der Waals surface area (Å²) in [5.41, 5.74) is 1.01. The zero-order chi connectivity index (χ0) is 22.6. The number of carbonyl (C=O) groups is 1. The van der Waals surface area contributed by atoms with Gasteiger partial charge in [0.15, 0.2) is 5.41 Å². The number of carbonyl (C=O) groups excluding carboxylic acids is 1. The molecule has 0 N–H and O–H groups in total. The largest absolute Gasteiger partial charge is 0.500 e. The average Bonchev–Trinajstić information content (AvgIpc) is 2.74. The monoisotopic (exact) mass is 421 g/mol. The molecular weight excluding hydrogens is 386 g/mol. The summed E-state index contributed by atoms with van der Waals surface area (Å²) in [4.78, 5) is 13.7. The van der Waals surface area contributed by atoms with Crippen molar-refractivity contribution in [2.75, 3.05) is 7.11 Å². The molecule has 1 unspecified atom stereocenters. The lowest BCUT2D eigenvalue weighted by molar-refractivity contribution is -0.165. The number of esters is 1. The highest BCUT2D eigenvalue weighted by atomic mass is 16.5. The maximum Gasteiger partial charge on any atom is 0.325 e. The predicted molar refractivity (Wildman–Crippen MR) is 122 cm³/mol. The highest BCUT2D eigenvalue weighted by molar-refractivity contribution is 5.84. The highest BCUT2D eigenvalue weighted by Crippen LogP contribution is 2.46. The number of nitriles is 1. The summed E-state index contributed by atoms with van der Waals surface area (Å²) in [5, 5.41) is 9.54. The minimum absolute atomic E-state index is 0.0118. The molecule has 0 bridgehead atoms. The van der Waals surface area contributed by atoms with Crippen LogP contribution in [-0.4, -0.2) is 19.2 Å². The SMILES string of the molecule is COC1=CCC(C)=CC1(CC#N)C(=O)O[C@@H]1C[C@H](C)CC[C@H]1C(C)(C)c1ccccc1. The quantitative estimate of drug-likeness (QED) is 0.412. The number of hydrogen-bond donors (Lipinski definition) is 0. The van der Waals surface area contributed by atoms with Gasteiger partial charge in [0.1, 0.15) is 11.9 Å². The van der Waals surface area contributed by atoms with Crippen molar-refractivity contribution in [3.05, 3.63) is 59.4 Å². The Morgan fingerprint density at radius 3 is 2.61 bits per heavy atom. The molecule has 1 saturated carbocycles. The van der Waals surface area contributed by atoms with Crippen molar-refractivity contribution in [2.45, 2.75) is 71.3 Å². The number of ether oxygens (including phenoxy) is 2. The molecule has 0 amide bonds. The van der Waals surface area contributed by atoms with Crippen LogP contribution in [0.5, 0.6) is 0 Å². The number of nitrogens with zero attached hydrogens (tertiary/aromatic N) is 1. The Kier molecular flexibility index (Phi) is 6.94. The molecule has 4 nitrogen and oxygen atoms in total. The van der Waals surface area contributed by atoms with E-state index in [0.29, 0.717) is 18.1 Å². The van der Waals surface area contributed by atoms with Gasteiger partial charge in [0.25, 0.3) is 0 Å². The fourth-order valence-electron chi connectivity index (χ4n) is 5.36. The third kappa shape index (κ3) is 4.56. The molecule has 0 spiro atoms. The van der Waals surface area contributed by atoms with Crippen molar-refractivity contribution in [3.8, 4) is 6.07 Å². The second-order valence-electron chi connectivity index (χ2n) is 9.83. The van der Waals surface area contributed by atoms with Crippen LogP contribution >= 0.6 is 0 Å². The fourth-order valence-corrected chi connectivity index (χ4v) is 5.36. The van der Waals surface area contributed by atoms with Crippen molar-refractivity contribution < 1.29 is 14.3 Å². The van der Waals surface area contributed by atoms with Crippen molar-refractivity contribution in [2.24, 2.45) is 17.3 Å². The molecule has 31 heavy (non-hydrogen) atoms. The molecular formula is C27H35NO3. The van der Waals surface area contributed by atoms with Crippen molar-refractivity contribution >= 4 is 5.97 Å². The molecule has 0 aromatic heterocycles. The first kappa shape index (κ1) is 23.1. The molecule has 1 aromatic rings. The van der Waals surface area contributed by atoms with E-state index in [1.165, 1.54) is 5.56 Å². The van der Waals surface area contributed by atoms with Gasteiger partial charge in [-0.3, -0.25) is 4.79 Å². The van der Waals surface area contributed by atoms with Crippen LogP contribution in [0.3, 0.4) is 0 Å². The van der Waals surface area contributed by atoms with Crippen LogP contribution in [0.4, 0.5) is 0 Å². The minimum Gasteiger partial charge on any atom is -0.500 e. The second-order valence-corrected chi connectivity index (χ2v) is 9.83. The molecule has 2 aliphatic carbocycles. The maximum absolute atomic E-state index is 13.7. The summed E-state index contributed by atoms with van der Waals surface area (Å²) < 4.78 is 11.9. The Balaban J connectivity index is 1.93. The Labute approximate surface area is 186 Å². The molecule has 2 aliphatic rings. The van der Waals surface area contributed by atoms with E-state index in [9.17, 15) is 10.1 Å². The maximum atomic E-state index is 13.7. The van der Waals surface area contributed by atoms with E-state index in [4.69, 9.17) is 9.47 Å². The third-order valence-corrected chi connectivity index (χ3v) is 7.24. The molecule has 0 heterocycles. The topological polar surface area (TPSA) is 59.3 Å². The molecule has 0 saturated heterocycles. The molecule has 166 valence electrons. The standard InChI is InChI=1S/C27H35NO3/c1-19-11-13-22(26(3,4)21-9-7-6-8-10-21)23(17-19)31-25(29)27(15-16-28)18-20(2)12-14-24(27)30-5/h6-10,14,18-19,22-23H,11-13,15,17H2,1-5H3/t19-,22-,23-,27?/m1/s1. The van der Waals surface area contributed by atoms with Gasteiger partial charge >= 0.3 is 5.97 Å². The first-order chi connectivity index (χ1) is 14.7. The number of methoxy groups -OCH3 is 1. The normalized spacial score (nSPS) is 28.7. The molecule has 4 heteroatoms. The number of allylic oxidation sites excluding steroid dienone is 2. The smallest absolute Gasteiger partial charge is 0.325 e. The van der Waals surface area contributed by atoms with Crippen LogP contribution in [0.2, 0.25) is 0 Å². The Bertz CT molecular complexity index is 893. The highest BCUT2D eigenvalue weighted by Gasteiger charge is 2.48. The molecule has 1 fully saturated rings. The summed E-state index contributed by atoms with van der Waals surface area (Å²) in [6, 6.07) is 12.7. The summed E-state index contributed by atoms with van der Waals surface area (Å²) in [7, 11) is 1.56. The summed E-state index contributed by atoms with van der Waals surface area (Å²) in [6.07, 6.45) is 7.28. The Morgan fingerprint density at radius 2 is 1.97 bits per heavy atom. The van der Waals surface area contributed by atoms with Crippen LogP contribution in [0, 0.1) is 28.6 Å². The lowest BCUT2D eigenvalue weighted by Crippen LogP contribution is -2.46. The molecule has 0 radical (unpaired) electrons. The van der Waals surface area contributed by atoms with E-state index in [0.717, 1.165) is 24.8 Å². The van der Waals surface area contributed by atoms with Gasteiger partial charge in [-0.25, -0.2) is 0 Å². The lowest BCUT2D eigenvalue weighted by Gasteiger charge is -2.45. The average molecular weight is 422 g/mol. The molecule has 0 aliphatic heterocycles. The number of rotatable bonds is 6. The first-order valence-electron chi connectivity index (χ1n) is 11.3. The van der Waals surface area contributed by atoms with E-state index < -0.39 is 5.41 Å². The van der Waals surface area contributed by atoms with Gasteiger partial charge in [0, 0.05) is 5.92 Å². The number of hydrogen-bond acceptors (Lipinski definition) is 4. The van der Waals surface area contributed by atoms with E-state index in [2.05, 4.69) is 51.1 Å².